The summed E-state index contributed by atoms with van der Waals surface area (Å²) in [6.07, 6.45) is 0.827. The van der Waals surface area contributed by atoms with Crippen LogP contribution < -0.4 is 0 Å². The molecule has 0 fully saturated rings. The Morgan fingerprint density at radius 2 is 1.94 bits per heavy atom. The molecule has 0 aromatic heterocycles. The fourth-order valence-corrected chi connectivity index (χ4v) is 2.12. The predicted molar refractivity (Wildman–Crippen MR) is 63.7 cm³/mol. The van der Waals surface area contributed by atoms with Gasteiger partial charge in [0.2, 0.25) is 0 Å². The Morgan fingerprint density at radius 3 is 2.38 bits per heavy atom. The Balaban J connectivity index is 3.07. The maximum absolute atomic E-state index is 13.7. The number of aliphatic hydroxyl groups excluding tert-OH is 1. The van der Waals surface area contributed by atoms with Crippen LogP contribution in [-0.2, 0) is 0 Å². The van der Waals surface area contributed by atoms with Crippen molar-refractivity contribution in [2.45, 2.75) is 19.4 Å². The summed E-state index contributed by atoms with van der Waals surface area (Å²) >= 11 is 0. The van der Waals surface area contributed by atoms with E-state index in [1.165, 1.54) is 6.07 Å². The molecule has 0 saturated carbocycles. The molecule has 0 heterocycles. The highest BCUT2D eigenvalue weighted by Gasteiger charge is 2.25. The molecule has 2 atom stereocenters. The fourth-order valence-electron chi connectivity index (χ4n) is 2.12. The van der Waals surface area contributed by atoms with Crippen LogP contribution in [0.5, 0.6) is 0 Å². The molecule has 2 nitrogen and oxygen atoms in total. The van der Waals surface area contributed by atoms with Gasteiger partial charge in [0, 0.05) is 24.1 Å². The lowest BCUT2D eigenvalue weighted by atomic mass is 9.90. The summed E-state index contributed by atoms with van der Waals surface area (Å²) in [5.41, 5.74) is 0.661. The van der Waals surface area contributed by atoms with Gasteiger partial charge in [-0.1, -0.05) is 25.1 Å². The maximum atomic E-state index is 13.7. The van der Waals surface area contributed by atoms with Crippen LogP contribution >= 0.6 is 0 Å². The second-order valence-electron chi connectivity index (χ2n) is 4.28. The molecular weight excluding hydrogens is 205 g/mol. The smallest absolute Gasteiger partial charge is 0.127 e. The Labute approximate surface area is 96.7 Å². The van der Waals surface area contributed by atoms with Crippen LogP contribution in [-0.4, -0.2) is 30.7 Å². The number of nitrogens with zero attached hydrogens (tertiary/aromatic N) is 1. The van der Waals surface area contributed by atoms with E-state index in [1.807, 2.05) is 32.0 Å². The molecule has 1 aromatic rings. The van der Waals surface area contributed by atoms with Gasteiger partial charge in [-0.25, -0.2) is 4.39 Å². The van der Waals surface area contributed by atoms with Crippen molar-refractivity contribution >= 4 is 0 Å². The van der Waals surface area contributed by atoms with Crippen LogP contribution in [0, 0.1) is 11.7 Å². The van der Waals surface area contributed by atoms with Crippen LogP contribution in [0.1, 0.15) is 24.9 Å². The van der Waals surface area contributed by atoms with E-state index in [1.54, 1.807) is 12.1 Å². The zero-order valence-corrected chi connectivity index (χ0v) is 10.2. The van der Waals surface area contributed by atoms with Crippen molar-refractivity contribution < 1.29 is 9.50 Å². The van der Waals surface area contributed by atoms with Crippen molar-refractivity contribution in [3.05, 3.63) is 35.6 Å². The molecule has 0 aliphatic rings. The molecule has 0 radical (unpaired) electrons. The van der Waals surface area contributed by atoms with Crippen LogP contribution in [0.25, 0.3) is 0 Å². The van der Waals surface area contributed by atoms with Crippen LogP contribution in [0.3, 0.4) is 0 Å². The first-order chi connectivity index (χ1) is 7.61. The highest BCUT2D eigenvalue weighted by Crippen LogP contribution is 2.30. The van der Waals surface area contributed by atoms with Gasteiger partial charge in [-0.15, -0.1) is 0 Å². The molecule has 1 rings (SSSR count). The summed E-state index contributed by atoms with van der Waals surface area (Å²) in [5, 5.41) is 9.35. The van der Waals surface area contributed by atoms with Crippen LogP contribution in [0.2, 0.25) is 0 Å². The van der Waals surface area contributed by atoms with Crippen molar-refractivity contribution in [2.75, 3.05) is 20.7 Å². The van der Waals surface area contributed by atoms with Gasteiger partial charge in [0.15, 0.2) is 0 Å². The minimum absolute atomic E-state index is 0.0619. The molecule has 1 aromatic carbocycles. The van der Waals surface area contributed by atoms with Crippen molar-refractivity contribution in [2.24, 2.45) is 5.92 Å². The highest BCUT2D eigenvalue weighted by molar-refractivity contribution is 5.22. The van der Waals surface area contributed by atoms with Gasteiger partial charge < -0.3 is 10.0 Å². The summed E-state index contributed by atoms with van der Waals surface area (Å²) in [4.78, 5) is 1.96. The van der Waals surface area contributed by atoms with E-state index in [9.17, 15) is 9.50 Å². The van der Waals surface area contributed by atoms with E-state index >= 15 is 0 Å². The zero-order chi connectivity index (χ0) is 12.1. The van der Waals surface area contributed by atoms with E-state index in [2.05, 4.69) is 0 Å². The number of aliphatic hydroxyl groups is 1. The lowest BCUT2D eigenvalue weighted by Gasteiger charge is -2.31. The second-order valence-corrected chi connectivity index (χ2v) is 4.28. The third-order valence-corrected chi connectivity index (χ3v) is 2.99. The van der Waals surface area contributed by atoms with Crippen molar-refractivity contribution in [1.29, 1.82) is 0 Å². The largest absolute Gasteiger partial charge is 0.396 e. The Bertz CT molecular complexity index is 323. The quantitative estimate of drug-likeness (QED) is 0.832. The van der Waals surface area contributed by atoms with Gasteiger partial charge in [-0.3, -0.25) is 0 Å². The first kappa shape index (κ1) is 13.1. The molecule has 16 heavy (non-hydrogen) atoms. The van der Waals surface area contributed by atoms with Gasteiger partial charge in [-0.2, -0.15) is 0 Å². The average Bonchev–Trinajstić information content (AvgIpc) is 2.27. The van der Waals surface area contributed by atoms with Crippen molar-refractivity contribution in [3.63, 3.8) is 0 Å². The molecule has 0 bridgehead atoms. The van der Waals surface area contributed by atoms with Crippen LogP contribution in [0.4, 0.5) is 4.39 Å². The molecule has 0 saturated heterocycles. The van der Waals surface area contributed by atoms with Gasteiger partial charge in [0.1, 0.15) is 5.82 Å². The van der Waals surface area contributed by atoms with Crippen molar-refractivity contribution in [3.8, 4) is 0 Å². The van der Waals surface area contributed by atoms with E-state index in [-0.39, 0.29) is 24.4 Å². The SMILES string of the molecule is CCC(CO)C(c1ccccc1F)N(C)C. The first-order valence-corrected chi connectivity index (χ1v) is 5.63. The summed E-state index contributed by atoms with van der Waals surface area (Å²) in [5.74, 6) is -0.139. The van der Waals surface area contributed by atoms with E-state index in [0.29, 0.717) is 5.56 Å². The predicted octanol–water partition coefficient (Wildman–Crippen LogP) is 2.45. The molecule has 2 unspecified atom stereocenters. The highest BCUT2D eigenvalue weighted by atomic mass is 19.1. The van der Waals surface area contributed by atoms with Gasteiger partial charge in [-0.05, 0) is 26.6 Å². The zero-order valence-electron chi connectivity index (χ0n) is 10.2. The summed E-state index contributed by atoms with van der Waals surface area (Å²) < 4.78 is 13.7. The topological polar surface area (TPSA) is 23.5 Å². The number of halogens is 1. The Morgan fingerprint density at radius 1 is 1.31 bits per heavy atom. The van der Waals surface area contributed by atoms with E-state index < -0.39 is 0 Å². The van der Waals surface area contributed by atoms with Crippen molar-refractivity contribution in [1.82, 2.24) is 4.90 Å². The molecule has 0 aliphatic heterocycles. The summed E-state index contributed by atoms with van der Waals surface area (Å²) in [6, 6.07) is 6.70. The van der Waals surface area contributed by atoms with E-state index in [4.69, 9.17) is 0 Å². The Kier molecular flexibility index (Phi) is 4.90. The lowest BCUT2D eigenvalue weighted by molar-refractivity contribution is 0.128. The molecule has 0 aliphatic carbocycles. The van der Waals surface area contributed by atoms with Gasteiger partial charge in [0.25, 0.3) is 0 Å². The fraction of sp³-hybridized carbons (Fsp3) is 0.538. The third-order valence-electron chi connectivity index (χ3n) is 2.99. The molecule has 0 spiro atoms. The normalized spacial score (nSPS) is 15.1. The molecule has 90 valence electrons. The monoisotopic (exact) mass is 225 g/mol. The Hall–Kier alpha value is -0.930. The molecular formula is C13H20FNO. The first-order valence-electron chi connectivity index (χ1n) is 5.63. The minimum atomic E-state index is -0.201. The molecule has 1 N–H and O–H groups in total. The van der Waals surface area contributed by atoms with E-state index in [0.717, 1.165) is 6.42 Å². The summed E-state index contributed by atoms with van der Waals surface area (Å²) in [6.45, 7) is 2.09. The molecule has 3 heteroatoms. The maximum Gasteiger partial charge on any atom is 0.127 e. The van der Waals surface area contributed by atoms with Gasteiger partial charge in [0.05, 0.1) is 0 Å². The molecule has 0 amide bonds. The minimum Gasteiger partial charge on any atom is -0.396 e. The third kappa shape index (κ3) is 2.80. The number of benzene rings is 1. The number of hydrogen-bond acceptors (Lipinski definition) is 2. The van der Waals surface area contributed by atoms with Gasteiger partial charge >= 0.3 is 0 Å². The standard InChI is InChI=1S/C13H20FNO/c1-4-10(9-16)13(15(2)3)11-7-5-6-8-12(11)14/h5-8,10,13,16H,4,9H2,1-3H3. The average molecular weight is 225 g/mol. The summed E-state index contributed by atoms with van der Waals surface area (Å²) in [7, 11) is 3.82. The lowest BCUT2D eigenvalue weighted by Crippen LogP contribution is -2.30. The second kappa shape index (κ2) is 5.97. The number of hydrogen-bond donors (Lipinski definition) is 1. The van der Waals surface area contributed by atoms with Crippen LogP contribution in [0.15, 0.2) is 24.3 Å². The number of rotatable bonds is 5.